The van der Waals surface area contributed by atoms with E-state index >= 15 is 0 Å². The van der Waals surface area contributed by atoms with Gasteiger partial charge in [0.2, 0.25) is 11.8 Å². The Morgan fingerprint density at radius 2 is 0.769 bits per heavy atom. The van der Waals surface area contributed by atoms with Crippen molar-refractivity contribution >= 4 is 34.9 Å². The van der Waals surface area contributed by atoms with E-state index in [1.54, 1.807) is 6.92 Å². The van der Waals surface area contributed by atoms with Gasteiger partial charge in [-0.3, -0.25) is 24.0 Å². The molecule has 17 heteroatoms. The van der Waals surface area contributed by atoms with Gasteiger partial charge in [-0.1, -0.05) is 0 Å². The second-order valence-electron chi connectivity index (χ2n) is 11.3. The number of likely N-dealkylation sites (N-methyl/N-ethyl adjacent to an activating group) is 3. The van der Waals surface area contributed by atoms with E-state index in [9.17, 15) is 28.8 Å². The molecule has 0 bridgehead atoms. The van der Waals surface area contributed by atoms with Gasteiger partial charge in [0.1, 0.15) is 31.4 Å². The quantitative estimate of drug-likeness (QED) is 0.0475. The van der Waals surface area contributed by atoms with Crippen molar-refractivity contribution in [3.05, 3.63) is 0 Å². The molecule has 0 fully saturated rings. The van der Waals surface area contributed by atoms with Crippen molar-refractivity contribution in [1.29, 1.82) is 0 Å². The van der Waals surface area contributed by atoms with Gasteiger partial charge in [0.25, 0.3) is 0 Å². The van der Waals surface area contributed by atoms with Crippen LogP contribution in [0.25, 0.3) is 0 Å². The van der Waals surface area contributed by atoms with Gasteiger partial charge in [-0.15, -0.1) is 0 Å². The van der Waals surface area contributed by atoms with E-state index in [0.717, 1.165) is 45.6 Å². The fourth-order valence-electron chi connectivity index (χ4n) is 2.98. The van der Waals surface area contributed by atoms with E-state index in [-0.39, 0.29) is 54.8 Å². The third-order valence-electron chi connectivity index (χ3n) is 5.71. The summed E-state index contributed by atoms with van der Waals surface area (Å²) in [6.07, 6.45) is 2.96. The highest BCUT2D eigenvalue weighted by atomic mass is 16.5. The minimum absolute atomic E-state index is 0.0262. The van der Waals surface area contributed by atoms with Crippen molar-refractivity contribution in [3.63, 3.8) is 0 Å². The van der Waals surface area contributed by atoms with Crippen molar-refractivity contribution in [3.8, 4) is 0 Å². The highest BCUT2D eigenvalue weighted by Crippen LogP contribution is 1.91. The van der Waals surface area contributed by atoms with Gasteiger partial charge in [0, 0.05) is 65.2 Å². The van der Waals surface area contributed by atoms with Crippen molar-refractivity contribution in [2.75, 3.05) is 134 Å². The predicted molar refractivity (Wildman–Crippen MR) is 202 cm³/mol. The van der Waals surface area contributed by atoms with Crippen LogP contribution in [0.4, 0.5) is 0 Å². The van der Waals surface area contributed by atoms with Gasteiger partial charge < -0.3 is 60.4 Å². The fourth-order valence-corrected chi connectivity index (χ4v) is 2.98. The minimum Gasteiger partial charge on any atom is -0.381 e. The summed E-state index contributed by atoms with van der Waals surface area (Å²) in [5.41, 5.74) is 0. The van der Waals surface area contributed by atoms with Crippen LogP contribution in [0.15, 0.2) is 0 Å². The van der Waals surface area contributed by atoms with Crippen molar-refractivity contribution < 1.29 is 52.5 Å². The molecule has 0 atom stereocenters. The number of ketones is 4. The average Bonchev–Trinajstić information content (AvgIpc) is 3.09. The first-order valence-electron chi connectivity index (χ1n) is 17.9. The first-order valence-corrected chi connectivity index (χ1v) is 17.9. The maximum absolute atomic E-state index is 11.2. The first kappa shape index (κ1) is 56.0. The molecule has 0 heterocycles. The zero-order valence-corrected chi connectivity index (χ0v) is 33.3. The smallest absolute Gasteiger partial charge is 0.246 e. The molecule has 0 aliphatic heterocycles. The Balaban J connectivity index is -0.000000306. The Hall–Kier alpha value is -2.74. The minimum atomic E-state index is -0.178. The summed E-state index contributed by atoms with van der Waals surface area (Å²) in [5.74, 6) is 0.0446. The second kappa shape index (κ2) is 48.3. The molecule has 0 aromatic rings. The lowest BCUT2D eigenvalue weighted by molar-refractivity contribution is -0.126. The standard InChI is InChI=1S/C12H24N2O3.C10H20N2O4.C7H15NO2.C6H13NO2/c1-11(15)5-6-12(16)14-8-4-10-17-9-3-7-13-2;1-9(13)7-15-6-4-12-10(14)8-16-5-3-11-2;1-7(9)3-5-10-6-4-8-2;1-6(8)5-9-4-3-7-2/h13H,3-10H2,1-2H3,(H,14,16);11H,3-8H2,1-2H3,(H,12,14);8H,3-6H2,1-2H3;7H,3-5H2,1-2H3. The van der Waals surface area contributed by atoms with E-state index in [2.05, 4.69) is 31.9 Å². The Kier molecular flexibility index (Phi) is 52.0. The Labute approximate surface area is 312 Å². The van der Waals surface area contributed by atoms with E-state index in [1.807, 2.05) is 28.2 Å². The lowest BCUT2D eigenvalue weighted by Gasteiger charge is -2.06. The van der Waals surface area contributed by atoms with Gasteiger partial charge in [0.05, 0.1) is 33.0 Å². The number of hydrogen-bond donors (Lipinski definition) is 6. The summed E-state index contributed by atoms with van der Waals surface area (Å²) in [5, 5.41) is 17.2. The second-order valence-corrected chi connectivity index (χ2v) is 11.3. The molecule has 0 radical (unpaired) electrons. The van der Waals surface area contributed by atoms with Crippen LogP contribution in [-0.2, 0) is 52.5 Å². The molecule has 17 nitrogen and oxygen atoms in total. The van der Waals surface area contributed by atoms with E-state index in [0.29, 0.717) is 72.0 Å². The fraction of sp³-hybridized carbons (Fsp3) is 0.829. The monoisotopic (exact) mass is 753 g/mol. The lowest BCUT2D eigenvalue weighted by atomic mass is 10.2. The topological polar surface area (TPSA) is 221 Å². The molecule has 0 unspecified atom stereocenters. The third kappa shape index (κ3) is 65.6. The largest absolute Gasteiger partial charge is 0.381 e. The van der Waals surface area contributed by atoms with Crippen molar-refractivity contribution in [2.24, 2.45) is 0 Å². The molecular formula is C35H72N6O11. The summed E-state index contributed by atoms with van der Waals surface area (Å²) in [7, 11) is 7.44. The number of carbonyl (C=O) groups is 6. The van der Waals surface area contributed by atoms with Gasteiger partial charge in [-0.2, -0.15) is 0 Å². The number of nitrogens with one attached hydrogen (secondary N) is 6. The number of carbonyl (C=O) groups excluding carboxylic acids is 6. The molecule has 0 aromatic heterocycles. The maximum Gasteiger partial charge on any atom is 0.246 e. The Morgan fingerprint density at radius 1 is 0.365 bits per heavy atom. The lowest BCUT2D eigenvalue weighted by Crippen LogP contribution is -2.31. The van der Waals surface area contributed by atoms with Crippen LogP contribution in [0, 0.1) is 0 Å². The summed E-state index contributed by atoms with van der Waals surface area (Å²) in [6.45, 7) is 14.8. The zero-order chi connectivity index (χ0) is 40.1. The molecule has 308 valence electrons. The molecule has 0 aromatic carbocycles. The van der Waals surface area contributed by atoms with Crippen LogP contribution in [0.5, 0.6) is 0 Å². The summed E-state index contributed by atoms with van der Waals surface area (Å²) in [4.78, 5) is 64.1. The molecular weight excluding hydrogens is 680 g/mol. The average molecular weight is 753 g/mol. The number of hydrogen-bond acceptors (Lipinski definition) is 15. The highest BCUT2D eigenvalue weighted by molar-refractivity contribution is 5.83. The van der Waals surface area contributed by atoms with E-state index in [1.165, 1.54) is 20.8 Å². The summed E-state index contributed by atoms with van der Waals surface area (Å²) < 4.78 is 25.4. The van der Waals surface area contributed by atoms with Crippen LogP contribution in [0.2, 0.25) is 0 Å². The molecule has 52 heavy (non-hydrogen) atoms. The van der Waals surface area contributed by atoms with Crippen LogP contribution in [-0.4, -0.2) is 168 Å². The summed E-state index contributed by atoms with van der Waals surface area (Å²) in [6, 6.07) is 0. The predicted octanol–water partition coefficient (Wildman–Crippen LogP) is -0.555. The molecule has 6 N–H and O–H groups in total. The zero-order valence-electron chi connectivity index (χ0n) is 33.3. The third-order valence-corrected chi connectivity index (χ3v) is 5.71. The molecule has 0 spiro atoms. The number of Topliss-reactive ketones (excluding diaryl/α,β-unsaturated/α-hetero) is 4. The number of amides is 2. The van der Waals surface area contributed by atoms with E-state index < -0.39 is 0 Å². The molecule has 2 amide bonds. The molecule has 0 aliphatic carbocycles. The first-order chi connectivity index (χ1) is 24.9. The summed E-state index contributed by atoms with van der Waals surface area (Å²) >= 11 is 0. The highest BCUT2D eigenvalue weighted by Gasteiger charge is 2.03. The number of ether oxygens (including phenoxy) is 5. The van der Waals surface area contributed by atoms with Crippen LogP contribution in [0.3, 0.4) is 0 Å². The van der Waals surface area contributed by atoms with Gasteiger partial charge in [0.15, 0.2) is 11.6 Å². The van der Waals surface area contributed by atoms with Gasteiger partial charge in [-0.25, -0.2) is 0 Å². The molecule has 0 aliphatic rings. The van der Waals surface area contributed by atoms with Crippen LogP contribution >= 0.6 is 0 Å². The Morgan fingerprint density at radius 3 is 1.23 bits per heavy atom. The maximum atomic E-state index is 11.2. The normalized spacial score (nSPS) is 10.0. The van der Waals surface area contributed by atoms with Crippen molar-refractivity contribution in [2.45, 2.75) is 59.8 Å². The van der Waals surface area contributed by atoms with E-state index in [4.69, 9.17) is 23.7 Å². The van der Waals surface area contributed by atoms with Crippen LogP contribution < -0.4 is 31.9 Å². The molecule has 0 saturated carbocycles. The number of rotatable bonds is 32. The Bertz CT molecular complexity index is 867. The van der Waals surface area contributed by atoms with Crippen LogP contribution in [0.1, 0.15) is 59.8 Å². The van der Waals surface area contributed by atoms with Crippen molar-refractivity contribution in [1.82, 2.24) is 31.9 Å². The SMILES string of the molecule is CNCCCOCCCNC(=O)CCC(C)=O.CNCCOCC(=O)NCCOCC(C)=O.CNCCOCC(C)=O.CNCCOCCC(C)=O. The molecule has 0 rings (SSSR count). The molecule has 0 saturated heterocycles. The van der Waals surface area contributed by atoms with Gasteiger partial charge in [-0.05, 0) is 75.3 Å². The van der Waals surface area contributed by atoms with Gasteiger partial charge >= 0.3 is 0 Å².